The number of para-hydroxylation sites is 2. The smallest absolute Gasteiger partial charge is 0.174 e. The van der Waals surface area contributed by atoms with E-state index in [4.69, 9.17) is 17.0 Å². The Bertz CT molecular complexity index is 1240. The van der Waals surface area contributed by atoms with Gasteiger partial charge in [-0.2, -0.15) is 0 Å². The van der Waals surface area contributed by atoms with Crippen molar-refractivity contribution in [3.05, 3.63) is 108 Å². The molecule has 32 heavy (non-hydrogen) atoms. The van der Waals surface area contributed by atoms with Crippen LogP contribution in [0.15, 0.2) is 91.3 Å². The van der Waals surface area contributed by atoms with Crippen LogP contribution < -0.4 is 15.0 Å². The summed E-state index contributed by atoms with van der Waals surface area (Å²) in [6.45, 7) is 2.10. The summed E-state index contributed by atoms with van der Waals surface area (Å²) in [5.41, 5.74) is 5.31. The van der Waals surface area contributed by atoms with E-state index in [1.807, 2.05) is 48.7 Å². The average Bonchev–Trinajstić information content (AvgIpc) is 3.44. The number of ether oxygens (including phenoxy) is 1. The van der Waals surface area contributed by atoms with Gasteiger partial charge in [-0.25, -0.2) is 0 Å². The molecular weight excluding hydrogens is 416 g/mol. The van der Waals surface area contributed by atoms with Gasteiger partial charge in [0, 0.05) is 23.8 Å². The highest BCUT2D eigenvalue weighted by Gasteiger charge is 2.43. The summed E-state index contributed by atoms with van der Waals surface area (Å²) in [5, 5.41) is 4.17. The first-order valence-electron chi connectivity index (χ1n) is 10.6. The quantitative estimate of drug-likeness (QED) is 0.423. The van der Waals surface area contributed by atoms with Crippen LogP contribution in [0.1, 0.15) is 29.0 Å². The van der Waals surface area contributed by atoms with Gasteiger partial charge >= 0.3 is 0 Å². The number of methoxy groups -OCH3 is 1. The number of nitrogens with zero attached hydrogens (tertiary/aromatic N) is 3. The van der Waals surface area contributed by atoms with Crippen molar-refractivity contribution in [3.8, 4) is 11.4 Å². The Labute approximate surface area is 193 Å². The fourth-order valence-electron chi connectivity index (χ4n) is 4.32. The minimum absolute atomic E-state index is 0.118. The van der Waals surface area contributed by atoms with Crippen molar-refractivity contribution in [2.45, 2.75) is 19.0 Å². The largest absolute Gasteiger partial charge is 0.495 e. The summed E-state index contributed by atoms with van der Waals surface area (Å²) in [7, 11) is 1.69. The molecular formula is C26H24N4OS. The van der Waals surface area contributed by atoms with E-state index in [2.05, 4.69) is 69.3 Å². The fraction of sp³-hybridized carbons (Fsp3) is 0.154. The maximum atomic E-state index is 5.86. The Morgan fingerprint density at radius 3 is 2.47 bits per heavy atom. The lowest BCUT2D eigenvalue weighted by atomic mass is 10.0. The molecule has 1 saturated heterocycles. The molecule has 1 fully saturated rings. The van der Waals surface area contributed by atoms with E-state index >= 15 is 0 Å². The number of benzene rings is 2. The summed E-state index contributed by atoms with van der Waals surface area (Å²) in [4.78, 5) is 6.80. The molecule has 0 saturated carbocycles. The summed E-state index contributed by atoms with van der Waals surface area (Å²) in [5.74, 6) is 0.775. The van der Waals surface area contributed by atoms with Gasteiger partial charge in [0.25, 0.3) is 0 Å². The molecule has 3 heterocycles. The lowest BCUT2D eigenvalue weighted by Gasteiger charge is -2.30. The van der Waals surface area contributed by atoms with Crippen molar-refractivity contribution in [1.29, 1.82) is 0 Å². The second kappa shape index (κ2) is 8.48. The number of aromatic nitrogens is 2. The van der Waals surface area contributed by atoms with Gasteiger partial charge in [-0.15, -0.1) is 0 Å². The molecule has 4 aromatic rings. The van der Waals surface area contributed by atoms with Crippen molar-refractivity contribution in [2.75, 3.05) is 12.0 Å². The molecule has 1 aliphatic rings. The average molecular weight is 441 g/mol. The molecule has 2 aromatic heterocycles. The van der Waals surface area contributed by atoms with Crippen LogP contribution in [0.5, 0.6) is 5.75 Å². The first-order valence-corrected chi connectivity index (χ1v) is 11.0. The molecule has 5 rings (SSSR count). The van der Waals surface area contributed by atoms with Gasteiger partial charge in [0.15, 0.2) is 5.11 Å². The Kier molecular flexibility index (Phi) is 5.37. The third kappa shape index (κ3) is 3.52. The van der Waals surface area contributed by atoms with Gasteiger partial charge in [0.2, 0.25) is 0 Å². The normalized spacial score (nSPS) is 17.9. The Balaban J connectivity index is 1.68. The lowest BCUT2D eigenvalue weighted by molar-refractivity contribution is 0.414. The second-order valence-electron chi connectivity index (χ2n) is 7.81. The molecule has 0 radical (unpaired) electrons. The van der Waals surface area contributed by atoms with E-state index < -0.39 is 0 Å². The molecule has 0 bridgehead atoms. The van der Waals surface area contributed by atoms with Crippen LogP contribution in [-0.2, 0) is 0 Å². The van der Waals surface area contributed by atoms with Crippen molar-refractivity contribution in [1.82, 2.24) is 14.9 Å². The predicted molar refractivity (Wildman–Crippen MR) is 131 cm³/mol. The van der Waals surface area contributed by atoms with Gasteiger partial charge in [-0.05, 0) is 67.7 Å². The van der Waals surface area contributed by atoms with Crippen molar-refractivity contribution < 1.29 is 4.74 Å². The lowest BCUT2D eigenvalue weighted by Crippen LogP contribution is -2.30. The highest BCUT2D eigenvalue weighted by Crippen LogP contribution is 2.44. The maximum absolute atomic E-state index is 5.86. The number of aryl methyl sites for hydroxylation is 1. The predicted octanol–water partition coefficient (Wildman–Crippen LogP) is 5.37. The zero-order chi connectivity index (χ0) is 22.1. The van der Waals surface area contributed by atoms with E-state index in [1.54, 1.807) is 7.11 Å². The third-order valence-electron chi connectivity index (χ3n) is 5.84. The molecule has 0 unspecified atom stereocenters. The molecule has 1 N–H and O–H groups in total. The molecule has 0 amide bonds. The third-order valence-corrected chi connectivity index (χ3v) is 6.15. The van der Waals surface area contributed by atoms with Crippen LogP contribution in [0.3, 0.4) is 0 Å². The molecule has 1 aliphatic heterocycles. The minimum atomic E-state index is -0.120. The molecule has 0 aliphatic carbocycles. The van der Waals surface area contributed by atoms with Crippen LogP contribution in [0.25, 0.3) is 5.69 Å². The summed E-state index contributed by atoms with van der Waals surface area (Å²) >= 11 is 5.86. The number of thiocarbonyl (C=S) groups is 1. The zero-order valence-corrected chi connectivity index (χ0v) is 18.8. The second-order valence-corrected chi connectivity index (χ2v) is 8.19. The van der Waals surface area contributed by atoms with Gasteiger partial charge in [-0.3, -0.25) is 4.98 Å². The van der Waals surface area contributed by atoms with Crippen molar-refractivity contribution in [3.63, 3.8) is 0 Å². The zero-order valence-electron chi connectivity index (χ0n) is 18.0. The Morgan fingerprint density at radius 2 is 1.72 bits per heavy atom. The molecule has 2 atom stereocenters. The first-order chi connectivity index (χ1) is 15.7. The van der Waals surface area contributed by atoms with Crippen molar-refractivity contribution in [2.24, 2.45) is 0 Å². The van der Waals surface area contributed by atoms with E-state index in [0.29, 0.717) is 5.11 Å². The first kappa shape index (κ1) is 20.3. The van der Waals surface area contributed by atoms with E-state index in [1.165, 1.54) is 5.56 Å². The van der Waals surface area contributed by atoms with E-state index in [0.717, 1.165) is 28.5 Å². The fourth-order valence-corrected chi connectivity index (χ4v) is 4.66. The van der Waals surface area contributed by atoms with Crippen LogP contribution in [0, 0.1) is 6.92 Å². The standard InChI is InChI=1S/C26H24N4OS/c1-18-12-14-19(15-13-18)29-17-7-10-22(29)25-24(20-8-5-6-16-27-20)28-26(32)30(25)21-9-3-4-11-23(21)31-2/h3-17,24-25H,1-2H3,(H,28,32)/t24-,25-/m0/s1. The molecule has 0 spiro atoms. The number of anilines is 1. The maximum Gasteiger partial charge on any atom is 0.174 e. The number of pyridine rings is 1. The topological polar surface area (TPSA) is 42.3 Å². The summed E-state index contributed by atoms with van der Waals surface area (Å²) in [6.07, 6.45) is 3.92. The number of hydrogen-bond donors (Lipinski definition) is 1. The summed E-state index contributed by atoms with van der Waals surface area (Å²) < 4.78 is 7.91. The van der Waals surface area contributed by atoms with Crippen LogP contribution in [0.4, 0.5) is 5.69 Å². The number of rotatable bonds is 5. The minimum Gasteiger partial charge on any atom is -0.495 e. The number of hydrogen-bond acceptors (Lipinski definition) is 3. The van der Waals surface area contributed by atoms with Crippen molar-refractivity contribution >= 4 is 23.0 Å². The number of nitrogens with one attached hydrogen (secondary N) is 1. The van der Waals surface area contributed by atoms with Crippen LogP contribution in [0.2, 0.25) is 0 Å². The Hall–Kier alpha value is -3.64. The summed E-state index contributed by atoms with van der Waals surface area (Å²) in [6, 6.07) is 26.5. The Morgan fingerprint density at radius 1 is 0.938 bits per heavy atom. The van der Waals surface area contributed by atoms with E-state index in [9.17, 15) is 0 Å². The van der Waals surface area contributed by atoms with Crippen LogP contribution in [-0.4, -0.2) is 21.8 Å². The monoisotopic (exact) mass is 440 g/mol. The van der Waals surface area contributed by atoms with Gasteiger partial charge in [0.05, 0.1) is 24.5 Å². The van der Waals surface area contributed by atoms with Gasteiger partial charge in [-0.1, -0.05) is 35.9 Å². The van der Waals surface area contributed by atoms with Gasteiger partial charge in [0.1, 0.15) is 11.8 Å². The van der Waals surface area contributed by atoms with Gasteiger partial charge < -0.3 is 19.5 Å². The molecule has 6 heteroatoms. The van der Waals surface area contributed by atoms with Crippen LogP contribution >= 0.6 is 12.2 Å². The molecule has 160 valence electrons. The van der Waals surface area contributed by atoms with E-state index in [-0.39, 0.29) is 12.1 Å². The SMILES string of the molecule is COc1ccccc1N1C(=S)N[C@@H](c2ccccn2)[C@@H]1c1cccn1-c1ccc(C)cc1. The highest BCUT2D eigenvalue weighted by atomic mass is 32.1. The molecule has 5 nitrogen and oxygen atoms in total. The molecule has 2 aromatic carbocycles. The highest BCUT2D eigenvalue weighted by molar-refractivity contribution is 7.80.